The summed E-state index contributed by atoms with van der Waals surface area (Å²) in [4.78, 5) is 14.0. The average Bonchev–Trinajstić information content (AvgIpc) is 3.15. The predicted octanol–water partition coefficient (Wildman–Crippen LogP) is 3.03. The Morgan fingerprint density at radius 3 is 2.40 bits per heavy atom. The second-order valence-electron chi connectivity index (χ2n) is 6.26. The van der Waals surface area contributed by atoms with Crippen LogP contribution in [0.3, 0.4) is 0 Å². The third kappa shape index (κ3) is 4.12. The molecule has 0 unspecified atom stereocenters. The van der Waals surface area contributed by atoms with E-state index in [0.717, 1.165) is 35.3 Å². The molecule has 1 saturated heterocycles. The molecule has 1 atom stereocenters. The first-order chi connectivity index (χ1) is 12.2. The van der Waals surface area contributed by atoms with E-state index in [0.29, 0.717) is 13.1 Å². The Hall–Kier alpha value is -2.53. The molecule has 3 rings (SSSR count). The van der Waals surface area contributed by atoms with E-state index in [1.807, 2.05) is 36.4 Å². The maximum atomic E-state index is 12.2. The number of nitrogens with zero attached hydrogens (tertiary/aromatic N) is 1. The number of amides is 2. The number of benzene rings is 2. The van der Waals surface area contributed by atoms with E-state index in [-0.39, 0.29) is 18.7 Å². The van der Waals surface area contributed by atoms with Crippen molar-refractivity contribution in [2.75, 3.05) is 20.3 Å². The first-order valence-corrected chi connectivity index (χ1v) is 8.60. The molecule has 0 aliphatic carbocycles. The third-order valence-corrected chi connectivity index (χ3v) is 4.67. The van der Waals surface area contributed by atoms with Gasteiger partial charge in [0.05, 0.1) is 19.8 Å². The van der Waals surface area contributed by atoms with E-state index < -0.39 is 0 Å². The quantitative estimate of drug-likeness (QED) is 0.879. The number of aliphatic hydroxyl groups is 1. The summed E-state index contributed by atoms with van der Waals surface area (Å²) in [7, 11) is 1.66. The molecule has 5 heteroatoms. The summed E-state index contributed by atoms with van der Waals surface area (Å²) in [6, 6.07) is 15.9. The molecule has 2 aromatic carbocycles. The molecule has 1 aliphatic rings. The number of hydrogen-bond acceptors (Lipinski definition) is 3. The van der Waals surface area contributed by atoms with Crippen LogP contribution in [0, 0.1) is 0 Å². The number of carbonyl (C=O) groups is 1. The standard InChI is InChI=1S/C20H24N2O3/c1-25-19-10-8-17(9-11-19)16-6-4-15(5-7-16)13-21-20(24)22-12-2-3-18(22)14-23/h4-11,18,23H,2-3,12-14H2,1H3,(H,21,24)/t18-/m0/s1. The molecule has 0 aromatic heterocycles. The number of ether oxygens (including phenoxy) is 1. The number of aliphatic hydroxyl groups excluding tert-OH is 1. The van der Waals surface area contributed by atoms with Crippen LogP contribution in [0.4, 0.5) is 4.79 Å². The van der Waals surface area contributed by atoms with Crippen molar-refractivity contribution in [3.05, 3.63) is 54.1 Å². The van der Waals surface area contributed by atoms with Gasteiger partial charge in [-0.3, -0.25) is 0 Å². The van der Waals surface area contributed by atoms with Gasteiger partial charge < -0.3 is 20.1 Å². The third-order valence-electron chi connectivity index (χ3n) is 4.67. The van der Waals surface area contributed by atoms with E-state index >= 15 is 0 Å². The second kappa shape index (κ2) is 8.03. The fraction of sp³-hybridized carbons (Fsp3) is 0.350. The maximum absolute atomic E-state index is 12.2. The highest BCUT2D eigenvalue weighted by Gasteiger charge is 2.27. The van der Waals surface area contributed by atoms with Gasteiger partial charge in [-0.15, -0.1) is 0 Å². The largest absolute Gasteiger partial charge is 0.497 e. The van der Waals surface area contributed by atoms with E-state index in [1.54, 1.807) is 12.0 Å². The molecule has 0 bridgehead atoms. The van der Waals surface area contributed by atoms with Crippen molar-refractivity contribution in [2.45, 2.75) is 25.4 Å². The molecule has 2 aromatic rings. The number of carbonyl (C=O) groups excluding carboxylic acids is 1. The van der Waals surface area contributed by atoms with Crippen molar-refractivity contribution in [1.82, 2.24) is 10.2 Å². The van der Waals surface area contributed by atoms with Crippen molar-refractivity contribution in [2.24, 2.45) is 0 Å². The lowest BCUT2D eigenvalue weighted by Crippen LogP contribution is -2.43. The molecule has 1 aliphatic heterocycles. The number of urea groups is 1. The Bertz CT molecular complexity index is 698. The van der Waals surface area contributed by atoms with E-state index in [1.165, 1.54) is 0 Å². The van der Waals surface area contributed by atoms with Gasteiger partial charge in [0, 0.05) is 13.1 Å². The van der Waals surface area contributed by atoms with E-state index in [2.05, 4.69) is 17.4 Å². The summed E-state index contributed by atoms with van der Waals surface area (Å²) in [5.74, 6) is 0.839. The zero-order valence-electron chi connectivity index (χ0n) is 14.4. The average molecular weight is 340 g/mol. The topological polar surface area (TPSA) is 61.8 Å². The Kier molecular flexibility index (Phi) is 5.56. The summed E-state index contributed by atoms with van der Waals surface area (Å²) >= 11 is 0. The first-order valence-electron chi connectivity index (χ1n) is 8.60. The van der Waals surface area contributed by atoms with Crippen molar-refractivity contribution in [3.8, 4) is 16.9 Å². The number of hydrogen-bond donors (Lipinski definition) is 2. The monoisotopic (exact) mass is 340 g/mol. The summed E-state index contributed by atoms with van der Waals surface area (Å²) in [6.07, 6.45) is 1.83. The van der Waals surface area contributed by atoms with Crippen molar-refractivity contribution in [1.29, 1.82) is 0 Å². The lowest BCUT2D eigenvalue weighted by Gasteiger charge is -2.23. The minimum atomic E-state index is -0.101. The van der Waals surface area contributed by atoms with Gasteiger partial charge >= 0.3 is 6.03 Å². The smallest absolute Gasteiger partial charge is 0.317 e. The lowest BCUT2D eigenvalue weighted by molar-refractivity contribution is 0.157. The molecule has 0 radical (unpaired) electrons. The van der Waals surface area contributed by atoms with Gasteiger partial charge in [-0.25, -0.2) is 4.79 Å². The molecule has 132 valence electrons. The zero-order chi connectivity index (χ0) is 17.6. The number of methoxy groups -OCH3 is 1. The maximum Gasteiger partial charge on any atom is 0.317 e. The minimum Gasteiger partial charge on any atom is -0.497 e. The highest BCUT2D eigenvalue weighted by atomic mass is 16.5. The highest BCUT2D eigenvalue weighted by molar-refractivity contribution is 5.75. The van der Waals surface area contributed by atoms with Gasteiger partial charge in [0.25, 0.3) is 0 Å². The van der Waals surface area contributed by atoms with Gasteiger partial charge in [0.15, 0.2) is 0 Å². The molecule has 5 nitrogen and oxygen atoms in total. The number of likely N-dealkylation sites (tertiary alicyclic amines) is 1. The lowest BCUT2D eigenvalue weighted by atomic mass is 10.0. The molecule has 2 amide bonds. The highest BCUT2D eigenvalue weighted by Crippen LogP contribution is 2.23. The van der Waals surface area contributed by atoms with Gasteiger partial charge in [-0.1, -0.05) is 36.4 Å². The Labute approximate surface area is 148 Å². The second-order valence-corrected chi connectivity index (χ2v) is 6.26. The molecular weight excluding hydrogens is 316 g/mol. The fourth-order valence-electron chi connectivity index (χ4n) is 3.17. The normalized spacial score (nSPS) is 16.7. The van der Waals surface area contributed by atoms with E-state index in [9.17, 15) is 9.90 Å². The van der Waals surface area contributed by atoms with Gasteiger partial charge in [-0.05, 0) is 41.7 Å². The Morgan fingerprint density at radius 2 is 1.80 bits per heavy atom. The van der Waals surface area contributed by atoms with Crippen molar-refractivity contribution >= 4 is 6.03 Å². The van der Waals surface area contributed by atoms with Crippen LogP contribution in [0.15, 0.2) is 48.5 Å². The first kappa shape index (κ1) is 17.3. The molecule has 0 saturated carbocycles. The fourth-order valence-corrected chi connectivity index (χ4v) is 3.17. The zero-order valence-corrected chi connectivity index (χ0v) is 14.4. The van der Waals surface area contributed by atoms with Gasteiger partial charge in [-0.2, -0.15) is 0 Å². The van der Waals surface area contributed by atoms with Crippen LogP contribution in [-0.4, -0.2) is 42.3 Å². The van der Waals surface area contributed by atoms with Crippen LogP contribution in [-0.2, 0) is 6.54 Å². The van der Waals surface area contributed by atoms with Crippen molar-refractivity contribution < 1.29 is 14.6 Å². The number of nitrogens with one attached hydrogen (secondary N) is 1. The van der Waals surface area contributed by atoms with Crippen LogP contribution >= 0.6 is 0 Å². The Balaban J connectivity index is 1.58. The van der Waals surface area contributed by atoms with Gasteiger partial charge in [0.2, 0.25) is 0 Å². The summed E-state index contributed by atoms with van der Waals surface area (Å²) in [5.41, 5.74) is 3.29. The minimum absolute atomic E-state index is 0.0317. The molecule has 2 N–H and O–H groups in total. The Morgan fingerprint density at radius 1 is 1.16 bits per heavy atom. The van der Waals surface area contributed by atoms with E-state index in [4.69, 9.17) is 4.74 Å². The van der Waals surface area contributed by atoms with Crippen LogP contribution in [0.5, 0.6) is 5.75 Å². The molecule has 25 heavy (non-hydrogen) atoms. The molecule has 1 fully saturated rings. The number of rotatable bonds is 5. The molecular formula is C20H24N2O3. The SMILES string of the molecule is COc1ccc(-c2ccc(CNC(=O)N3CCC[C@H]3CO)cc2)cc1. The summed E-state index contributed by atoms with van der Waals surface area (Å²) in [6.45, 7) is 1.23. The molecule has 1 heterocycles. The summed E-state index contributed by atoms with van der Waals surface area (Å²) < 4.78 is 5.18. The molecule has 0 spiro atoms. The van der Waals surface area contributed by atoms with Crippen LogP contribution < -0.4 is 10.1 Å². The van der Waals surface area contributed by atoms with Crippen LogP contribution in [0.25, 0.3) is 11.1 Å². The summed E-state index contributed by atoms with van der Waals surface area (Å²) in [5, 5.41) is 12.3. The van der Waals surface area contributed by atoms with Gasteiger partial charge in [0.1, 0.15) is 5.75 Å². The van der Waals surface area contributed by atoms with Crippen LogP contribution in [0.2, 0.25) is 0 Å². The van der Waals surface area contributed by atoms with Crippen molar-refractivity contribution in [3.63, 3.8) is 0 Å². The van der Waals surface area contributed by atoms with Crippen LogP contribution in [0.1, 0.15) is 18.4 Å². The predicted molar refractivity (Wildman–Crippen MR) is 97.5 cm³/mol.